The second kappa shape index (κ2) is 7.26. The van der Waals surface area contributed by atoms with Crippen molar-refractivity contribution in [1.29, 1.82) is 0 Å². The number of nitrogens with two attached hydrogens (primary N) is 3. The molecule has 8 N–H and O–H groups in total. The van der Waals surface area contributed by atoms with Crippen LogP contribution in [-0.4, -0.2) is 40.0 Å². The normalized spacial score (nSPS) is 10.5. The van der Waals surface area contributed by atoms with Crippen LogP contribution in [0.5, 0.6) is 0 Å². The maximum absolute atomic E-state index is 9.85. The van der Waals surface area contributed by atoms with Crippen LogP contribution in [0.15, 0.2) is 0 Å². The first-order chi connectivity index (χ1) is 6.68. The lowest BCUT2D eigenvalue weighted by molar-refractivity contribution is -0.144. The molecule has 0 bridgehead atoms. The molecule has 0 aliphatic rings. The van der Waals surface area contributed by atoms with Crippen LogP contribution in [0.1, 0.15) is 6.42 Å². The van der Waals surface area contributed by atoms with Gasteiger partial charge in [-0.05, 0) is 0 Å². The van der Waals surface area contributed by atoms with Gasteiger partial charge in [0.25, 0.3) is 0 Å². The molecule has 0 aromatic carbocycles. The molecule has 15 heavy (non-hydrogen) atoms. The van der Waals surface area contributed by atoms with Gasteiger partial charge in [0.1, 0.15) is 6.04 Å². The van der Waals surface area contributed by atoms with Gasteiger partial charge in [0, 0.05) is 0 Å². The summed E-state index contributed by atoms with van der Waals surface area (Å²) in [5.41, 5.74) is 13.5. The number of rotatable bonds is 3. The molecule has 0 spiro atoms. The molecule has 2 amide bonds. The molecule has 0 saturated carbocycles. The van der Waals surface area contributed by atoms with E-state index in [4.69, 9.17) is 15.9 Å². The summed E-state index contributed by atoms with van der Waals surface area (Å²) in [6.45, 7) is 0. The van der Waals surface area contributed by atoms with Crippen molar-refractivity contribution in [1.82, 2.24) is 0 Å². The minimum absolute atomic E-state index is 0.532. The topological polar surface area (TPSA) is 187 Å². The molecule has 86 valence electrons. The van der Waals surface area contributed by atoms with Gasteiger partial charge in [-0.2, -0.15) is 0 Å². The Morgan fingerprint density at radius 1 is 1.00 bits per heavy atom. The van der Waals surface area contributed by atoms with Crippen LogP contribution in [0.4, 0.5) is 0 Å². The lowest BCUT2D eigenvalue weighted by atomic mass is 10.2. The van der Waals surface area contributed by atoms with E-state index in [1.54, 1.807) is 0 Å². The Bertz CT molecular complexity index is 264. The lowest BCUT2D eigenvalue weighted by Crippen LogP contribution is -2.32. The Labute approximate surface area is 83.8 Å². The van der Waals surface area contributed by atoms with E-state index in [0.29, 0.717) is 0 Å². The molecule has 0 radical (unpaired) electrons. The van der Waals surface area contributed by atoms with E-state index in [1.165, 1.54) is 0 Å². The van der Waals surface area contributed by atoms with Gasteiger partial charge < -0.3 is 27.4 Å². The smallest absolute Gasteiger partial charge is 0.321 e. The maximum Gasteiger partial charge on any atom is 0.321 e. The van der Waals surface area contributed by atoms with Crippen molar-refractivity contribution < 1.29 is 29.4 Å². The standard InChI is InChI=1S/C4H7NO4.C2H4N2O2/c5-2(4(8)9)1-3(6)7;3-1(5)2(4)6/h2H,1,5H2,(H,6,7)(H,8,9);(H2,3,5)(H2,4,6). The van der Waals surface area contributed by atoms with E-state index in [-0.39, 0.29) is 0 Å². The Hall–Kier alpha value is -2.16. The van der Waals surface area contributed by atoms with Crippen LogP contribution in [0.25, 0.3) is 0 Å². The number of carbonyl (C=O) groups excluding carboxylic acids is 2. The summed E-state index contributed by atoms with van der Waals surface area (Å²) in [7, 11) is 0. The summed E-state index contributed by atoms with van der Waals surface area (Å²) in [4.78, 5) is 38.5. The number of carboxylic acid groups (broad SMARTS) is 2. The molecule has 9 nitrogen and oxygen atoms in total. The van der Waals surface area contributed by atoms with Gasteiger partial charge in [0.15, 0.2) is 0 Å². The molecule has 0 aromatic heterocycles. The Kier molecular flexibility index (Phi) is 7.42. The predicted octanol–water partition coefficient (Wildman–Crippen LogP) is -3.17. The summed E-state index contributed by atoms with van der Waals surface area (Å²) in [5, 5.41) is 16.0. The highest BCUT2D eigenvalue weighted by Gasteiger charge is 2.14. The van der Waals surface area contributed by atoms with Crippen LogP contribution >= 0.6 is 0 Å². The number of carboxylic acids is 2. The van der Waals surface area contributed by atoms with E-state index >= 15 is 0 Å². The van der Waals surface area contributed by atoms with Crippen LogP contribution < -0.4 is 17.2 Å². The van der Waals surface area contributed by atoms with E-state index in [1.807, 2.05) is 0 Å². The number of carbonyl (C=O) groups is 4. The molecule has 0 aliphatic carbocycles. The largest absolute Gasteiger partial charge is 0.481 e. The van der Waals surface area contributed by atoms with E-state index in [0.717, 1.165) is 0 Å². The minimum atomic E-state index is -1.29. The van der Waals surface area contributed by atoms with Gasteiger partial charge >= 0.3 is 23.8 Å². The second-order valence-electron chi connectivity index (χ2n) is 2.27. The number of primary amides is 2. The van der Waals surface area contributed by atoms with E-state index in [9.17, 15) is 19.2 Å². The van der Waals surface area contributed by atoms with Gasteiger partial charge in [-0.25, -0.2) is 0 Å². The highest BCUT2D eigenvalue weighted by atomic mass is 16.4. The molecule has 0 fully saturated rings. The molecular formula is C6H11N3O6. The number of hydrogen-bond donors (Lipinski definition) is 5. The fourth-order valence-corrected chi connectivity index (χ4v) is 0.275. The molecular weight excluding hydrogens is 210 g/mol. The third-order valence-electron chi connectivity index (χ3n) is 0.955. The van der Waals surface area contributed by atoms with E-state index < -0.39 is 36.2 Å². The number of aliphatic carboxylic acids is 2. The Balaban J connectivity index is 0. The van der Waals surface area contributed by atoms with Crippen LogP contribution in [0.3, 0.4) is 0 Å². The van der Waals surface area contributed by atoms with Crippen molar-refractivity contribution in [3.8, 4) is 0 Å². The minimum Gasteiger partial charge on any atom is -0.481 e. The predicted molar refractivity (Wildman–Crippen MR) is 46.3 cm³/mol. The first-order valence-corrected chi connectivity index (χ1v) is 3.47. The molecule has 0 rings (SSSR count). The SMILES string of the molecule is NC(=O)C(N)=O.NC(CC(=O)O)C(=O)O. The van der Waals surface area contributed by atoms with Crippen LogP contribution in [0.2, 0.25) is 0 Å². The third-order valence-corrected chi connectivity index (χ3v) is 0.955. The Morgan fingerprint density at radius 2 is 1.33 bits per heavy atom. The second-order valence-corrected chi connectivity index (χ2v) is 2.27. The van der Waals surface area contributed by atoms with E-state index in [2.05, 4.69) is 11.5 Å². The van der Waals surface area contributed by atoms with Gasteiger partial charge in [0.05, 0.1) is 6.42 Å². The molecule has 9 heteroatoms. The van der Waals surface area contributed by atoms with Crippen molar-refractivity contribution in [2.45, 2.75) is 12.5 Å². The quantitative estimate of drug-likeness (QED) is 0.310. The van der Waals surface area contributed by atoms with Crippen LogP contribution in [-0.2, 0) is 19.2 Å². The summed E-state index contributed by atoms with van der Waals surface area (Å²) in [5.74, 6) is -4.70. The van der Waals surface area contributed by atoms with Crippen molar-refractivity contribution >= 4 is 23.8 Å². The number of hydrogen-bond acceptors (Lipinski definition) is 5. The van der Waals surface area contributed by atoms with Crippen molar-refractivity contribution in [2.75, 3.05) is 0 Å². The zero-order valence-electron chi connectivity index (χ0n) is 7.54. The monoisotopic (exact) mass is 221 g/mol. The maximum atomic E-state index is 9.85. The zero-order valence-corrected chi connectivity index (χ0v) is 7.54. The van der Waals surface area contributed by atoms with Gasteiger partial charge in [0.2, 0.25) is 0 Å². The highest BCUT2D eigenvalue weighted by Crippen LogP contribution is 1.86. The molecule has 1 atom stereocenters. The first-order valence-electron chi connectivity index (χ1n) is 3.47. The highest BCUT2D eigenvalue weighted by molar-refractivity contribution is 6.33. The Morgan fingerprint density at radius 3 is 1.40 bits per heavy atom. The molecule has 1 unspecified atom stereocenters. The average Bonchev–Trinajstić information content (AvgIpc) is 2.03. The molecule has 0 heterocycles. The lowest BCUT2D eigenvalue weighted by Gasteiger charge is -1.99. The third kappa shape index (κ3) is 11.8. The first kappa shape index (κ1) is 15.3. The van der Waals surface area contributed by atoms with Gasteiger partial charge in [-0.15, -0.1) is 0 Å². The summed E-state index contributed by atoms with van der Waals surface area (Å²) >= 11 is 0. The van der Waals surface area contributed by atoms with Crippen molar-refractivity contribution in [3.63, 3.8) is 0 Å². The fraction of sp³-hybridized carbons (Fsp3) is 0.333. The number of amides is 2. The average molecular weight is 221 g/mol. The fourth-order valence-electron chi connectivity index (χ4n) is 0.275. The molecule has 0 saturated heterocycles. The van der Waals surface area contributed by atoms with Gasteiger partial charge in [-0.1, -0.05) is 0 Å². The molecule has 0 aliphatic heterocycles. The van der Waals surface area contributed by atoms with Gasteiger partial charge in [-0.3, -0.25) is 19.2 Å². The summed E-state index contributed by atoms with van der Waals surface area (Å²) in [6, 6.07) is -1.29. The zero-order chi connectivity index (χ0) is 12.6. The van der Waals surface area contributed by atoms with Crippen molar-refractivity contribution in [3.05, 3.63) is 0 Å². The van der Waals surface area contributed by atoms with Crippen molar-refractivity contribution in [2.24, 2.45) is 17.2 Å². The summed E-state index contributed by atoms with van der Waals surface area (Å²) < 4.78 is 0. The summed E-state index contributed by atoms with van der Waals surface area (Å²) in [6.07, 6.45) is -0.532. The molecule has 0 aromatic rings. The van der Waals surface area contributed by atoms with Crippen LogP contribution in [0, 0.1) is 0 Å².